The van der Waals surface area contributed by atoms with Gasteiger partial charge in [0.25, 0.3) is 5.91 Å². The molecule has 0 aliphatic rings. The Balaban J connectivity index is 1.44. The van der Waals surface area contributed by atoms with Crippen LogP contribution in [0.1, 0.15) is 23.7 Å². The lowest BCUT2D eigenvalue weighted by molar-refractivity contribution is -0.154. The van der Waals surface area contributed by atoms with E-state index >= 15 is 0 Å². The first kappa shape index (κ1) is 22.6. The molecule has 7 nitrogen and oxygen atoms in total. The molecule has 1 unspecified atom stereocenters. The largest absolute Gasteiger partial charge is 0.452 e. The number of esters is 1. The van der Waals surface area contributed by atoms with Gasteiger partial charge in [-0.25, -0.2) is 4.98 Å². The Morgan fingerprint density at radius 1 is 1.10 bits per heavy atom. The summed E-state index contributed by atoms with van der Waals surface area (Å²) in [4.78, 5) is 42.0. The van der Waals surface area contributed by atoms with Crippen molar-refractivity contribution in [3.63, 3.8) is 0 Å². The minimum atomic E-state index is -1.02. The highest BCUT2D eigenvalue weighted by atomic mass is 32.1. The fourth-order valence-electron chi connectivity index (χ4n) is 2.85. The predicted molar refractivity (Wildman–Crippen MR) is 122 cm³/mol. The van der Waals surface area contributed by atoms with Crippen LogP contribution in [0.5, 0.6) is 0 Å². The Labute approximate surface area is 188 Å². The number of para-hydroxylation sites is 1. The number of anilines is 1. The van der Waals surface area contributed by atoms with Crippen LogP contribution in [-0.4, -0.2) is 35.4 Å². The number of carbonyl (C=O) groups excluding carboxylic acids is 3. The van der Waals surface area contributed by atoms with E-state index in [1.807, 2.05) is 49.6 Å². The van der Waals surface area contributed by atoms with Crippen LogP contribution in [-0.2, 0) is 25.5 Å². The molecular weight excluding hydrogens is 434 g/mol. The number of thiophene rings is 1. The molecule has 0 aliphatic heterocycles. The number of carbonyl (C=O) groups is 3. The number of nitrogens with zero attached hydrogens (tertiary/aromatic N) is 1. The molecule has 0 saturated carbocycles. The summed E-state index contributed by atoms with van der Waals surface area (Å²) in [6, 6.07) is 9.61. The molecule has 162 valence electrons. The van der Waals surface area contributed by atoms with Crippen LogP contribution in [0.15, 0.2) is 41.1 Å². The van der Waals surface area contributed by atoms with E-state index in [0.29, 0.717) is 5.69 Å². The molecular formula is C22H23N3O4S2. The van der Waals surface area contributed by atoms with Crippen molar-refractivity contribution < 1.29 is 19.1 Å². The molecule has 9 heteroatoms. The lowest BCUT2D eigenvalue weighted by Gasteiger charge is -2.14. The van der Waals surface area contributed by atoms with Crippen molar-refractivity contribution in [2.45, 2.75) is 33.3 Å². The molecule has 1 aromatic carbocycles. The van der Waals surface area contributed by atoms with Crippen LogP contribution in [0, 0.1) is 13.8 Å². The van der Waals surface area contributed by atoms with Gasteiger partial charge in [0.1, 0.15) is 5.01 Å². The van der Waals surface area contributed by atoms with Gasteiger partial charge in [-0.3, -0.25) is 14.4 Å². The third kappa shape index (κ3) is 6.22. The highest BCUT2D eigenvalue weighted by molar-refractivity contribution is 7.20. The van der Waals surface area contributed by atoms with E-state index in [1.54, 1.807) is 16.7 Å². The van der Waals surface area contributed by atoms with Crippen LogP contribution < -0.4 is 10.6 Å². The van der Waals surface area contributed by atoms with Crippen LogP contribution in [0.3, 0.4) is 0 Å². The molecule has 2 heterocycles. The van der Waals surface area contributed by atoms with Gasteiger partial charge in [-0.05, 0) is 43.3 Å². The standard InChI is InChI=1S/C22H23N3O4S2/c1-13-6-4-7-14(2)20(13)25-18(26)11-23-21(28)15(3)29-19(27)10-16-12-31-22(24-16)17-8-5-9-30-17/h4-9,12,15H,10-11H2,1-3H3,(H,23,28)(H,25,26). The molecule has 0 bridgehead atoms. The number of thiazole rings is 1. The number of nitrogens with one attached hydrogen (secondary N) is 2. The summed E-state index contributed by atoms with van der Waals surface area (Å²) in [6.45, 7) is 5.04. The van der Waals surface area contributed by atoms with Gasteiger partial charge in [0, 0.05) is 11.1 Å². The molecule has 3 rings (SSSR count). The van der Waals surface area contributed by atoms with Gasteiger partial charge in [0.2, 0.25) is 5.91 Å². The Bertz CT molecular complexity index is 1060. The average Bonchev–Trinajstić information content (AvgIpc) is 3.40. The van der Waals surface area contributed by atoms with E-state index in [1.165, 1.54) is 18.3 Å². The second kappa shape index (κ2) is 10.3. The number of amides is 2. The summed E-state index contributed by atoms with van der Waals surface area (Å²) in [5.41, 5.74) is 3.20. The number of aromatic nitrogens is 1. The summed E-state index contributed by atoms with van der Waals surface area (Å²) >= 11 is 3.03. The van der Waals surface area contributed by atoms with Crippen LogP contribution in [0.25, 0.3) is 9.88 Å². The van der Waals surface area contributed by atoms with Crippen LogP contribution in [0.2, 0.25) is 0 Å². The third-order valence-electron chi connectivity index (χ3n) is 4.46. The monoisotopic (exact) mass is 457 g/mol. The topological polar surface area (TPSA) is 97.4 Å². The molecule has 0 spiro atoms. The van der Waals surface area contributed by atoms with Gasteiger partial charge in [0.15, 0.2) is 6.10 Å². The van der Waals surface area contributed by atoms with E-state index in [2.05, 4.69) is 15.6 Å². The van der Waals surface area contributed by atoms with Crippen molar-refractivity contribution in [1.82, 2.24) is 10.3 Å². The van der Waals surface area contributed by atoms with Gasteiger partial charge in [-0.15, -0.1) is 22.7 Å². The molecule has 3 aromatic rings. The highest BCUT2D eigenvalue weighted by Gasteiger charge is 2.20. The number of hydrogen-bond acceptors (Lipinski definition) is 7. The maximum atomic E-state index is 12.2. The Morgan fingerprint density at radius 3 is 2.52 bits per heavy atom. The zero-order valence-electron chi connectivity index (χ0n) is 17.4. The van der Waals surface area contributed by atoms with Crippen molar-refractivity contribution in [1.29, 1.82) is 0 Å². The summed E-state index contributed by atoms with van der Waals surface area (Å²) in [5.74, 6) is -1.44. The number of benzene rings is 1. The van der Waals surface area contributed by atoms with E-state index in [0.717, 1.165) is 26.7 Å². The summed E-state index contributed by atoms with van der Waals surface area (Å²) < 4.78 is 5.19. The average molecular weight is 458 g/mol. The predicted octanol–water partition coefficient (Wildman–Crippen LogP) is 3.72. The van der Waals surface area contributed by atoms with Gasteiger partial charge >= 0.3 is 5.97 Å². The SMILES string of the molecule is Cc1cccc(C)c1NC(=O)CNC(=O)C(C)OC(=O)Cc1csc(-c2cccs2)n1. The molecule has 1 atom stereocenters. The maximum absolute atomic E-state index is 12.2. The van der Waals surface area contributed by atoms with E-state index < -0.39 is 18.0 Å². The van der Waals surface area contributed by atoms with Gasteiger partial charge in [-0.1, -0.05) is 24.3 Å². The van der Waals surface area contributed by atoms with Crippen molar-refractivity contribution in [3.8, 4) is 9.88 Å². The van der Waals surface area contributed by atoms with E-state index in [4.69, 9.17) is 4.74 Å². The van der Waals surface area contributed by atoms with Gasteiger partial charge in [-0.2, -0.15) is 0 Å². The Morgan fingerprint density at radius 2 is 1.84 bits per heavy atom. The molecule has 2 aromatic heterocycles. The molecule has 2 N–H and O–H groups in total. The Hall–Kier alpha value is -3.04. The zero-order chi connectivity index (χ0) is 22.4. The number of hydrogen-bond donors (Lipinski definition) is 2. The molecule has 0 aliphatic carbocycles. The second-order valence-electron chi connectivity index (χ2n) is 6.96. The van der Waals surface area contributed by atoms with Gasteiger partial charge in [0.05, 0.1) is 23.5 Å². The van der Waals surface area contributed by atoms with E-state index in [-0.39, 0.29) is 18.9 Å². The first-order chi connectivity index (χ1) is 14.8. The first-order valence-corrected chi connectivity index (χ1v) is 11.4. The highest BCUT2D eigenvalue weighted by Crippen LogP contribution is 2.28. The van der Waals surface area contributed by atoms with Crippen LogP contribution >= 0.6 is 22.7 Å². The molecule has 0 radical (unpaired) electrons. The number of rotatable bonds is 8. The molecule has 0 fully saturated rings. The molecule has 2 amide bonds. The summed E-state index contributed by atoms with van der Waals surface area (Å²) in [5, 5.41) is 9.90. The zero-order valence-corrected chi connectivity index (χ0v) is 19.1. The fourth-order valence-corrected chi connectivity index (χ4v) is 4.48. The summed E-state index contributed by atoms with van der Waals surface area (Å²) in [7, 11) is 0. The molecule has 0 saturated heterocycles. The van der Waals surface area contributed by atoms with Gasteiger partial charge < -0.3 is 15.4 Å². The van der Waals surface area contributed by atoms with Crippen molar-refractivity contribution in [2.75, 3.05) is 11.9 Å². The quantitative estimate of drug-likeness (QED) is 0.503. The minimum Gasteiger partial charge on any atom is -0.452 e. The second-order valence-corrected chi connectivity index (χ2v) is 8.77. The fraction of sp³-hybridized carbons (Fsp3) is 0.273. The minimum absolute atomic E-state index is 0.0213. The third-order valence-corrected chi connectivity index (χ3v) is 6.39. The van der Waals surface area contributed by atoms with E-state index in [9.17, 15) is 14.4 Å². The Kier molecular flexibility index (Phi) is 7.54. The lowest BCUT2D eigenvalue weighted by Crippen LogP contribution is -2.40. The normalized spacial score (nSPS) is 11.6. The van der Waals surface area contributed by atoms with Crippen molar-refractivity contribution in [3.05, 3.63) is 57.9 Å². The molecule has 31 heavy (non-hydrogen) atoms. The van der Waals surface area contributed by atoms with Crippen molar-refractivity contribution in [2.24, 2.45) is 0 Å². The lowest BCUT2D eigenvalue weighted by atomic mass is 10.1. The van der Waals surface area contributed by atoms with Crippen LogP contribution in [0.4, 0.5) is 5.69 Å². The number of ether oxygens (including phenoxy) is 1. The van der Waals surface area contributed by atoms with Crippen molar-refractivity contribution >= 4 is 46.1 Å². The maximum Gasteiger partial charge on any atom is 0.312 e. The summed E-state index contributed by atoms with van der Waals surface area (Å²) in [6.07, 6.45) is -1.04. The number of aryl methyl sites for hydroxylation is 2. The smallest absolute Gasteiger partial charge is 0.312 e. The first-order valence-electron chi connectivity index (χ1n) is 9.65.